The van der Waals surface area contributed by atoms with Gasteiger partial charge in [-0.3, -0.25) is 4.99 Å². The summed E-state index contributed by atoms with van der Waals surface area (Å²) in [5.74, 6) is 0. The second-order valence-electron chi connectivity index (χ2n) is 2.95. The normalized spacial score (nSPS) is 13.5. The molecule has 1 heteroatoms. The average molecular weight is 161 g/mol. The highest BCUT2D eigenvalue weighted by molar-refractivity contribution is 5.79. The summed E-state index contributed by atoms with van der Waals surface area (Å²) in [5.41, 5.74) is 1.18. The molecule has 0 saturated heterocycles. The predicted octanol–water partition coefficient (Wildman–Crippen LogP) is 2.90. The zero-order valence-electron chi connectivity index (χ0n) is 7.70. The standard InChI is InChI=1S/C11H15N/c1-3-10(2)12-9-11-7-5-4-6-8-11/h4-10H,3H2,1-2H3/t10-/m1/s1. The van der Waals surface area contributed by atoms with Crippen molar-refractivity contribution in [3.8, 4) is 0 Å². The Morgan fingerprint density at radius 3 is 2.58 bits per heavy atom. The summed E-state index contributed by atoms with van der Waals surface area (Å²) < 4.78 is 0. The van der Waals surface area contributed by atoms with Gasteiger partial charge in [0, 0.05) is 12.3 Å². The first kappa shape index (κ1) is 8.98. The van der Waals surface area contributed by atoms with Gasteiger partial charge in [0.15, 0.2) is 0 Å². The van der Waals surface area contributed by atoms with Gasteiger partial charge in [0.1, 0.15) is 0 Å². The molecule has 0 amide bonds. The molecule has 64 valence electrons. The lowest BCUT2D eigenvalue weighted by Gasteiger charge is -1.99. The highest BCUT2D eigenvalue weighted by Gasteiger charge is 1.90. The molecule has 0 spiro atoms. The topological polar surface area (TPSA) is 12.4 Å². The summed E-state index contributed by atoms with van der Waals surface area (Å²) in [7, 11) is 0. The highest BCUT2D eigenvalue weighted by atomic mass is 14.7. The molecule has 0 fully saturated rings. The van der Waals surface area contributed by atoms with Crippen LogP contribution >= 0.6 is 0 Å². The van der Waals surface area contributed by atoms with Crippen molar-refractivity contribution < 1.29 is 0 Å². The Kier molecular flexibility index (Phi) is 3.52. The lowest BCUT2D eigenvalue weighted by Crippen LogP contribution is -1.94. The number of benzene rings is 1. The number of aliphatic imine (C=N–C) groups is 1. The van der Waals surface area contributed by atoms with Crippen LogP contribution in [0.25, 0.3) is 0 Å². The largest absolute Gasteiger partial charge is 0.290 e. The van der Waals surface area contributed by atoms with E-state index in [9.17, 15) is 0 Å². The van der Waals surface area contributed by atoms with Crippen LogP contribution in [0.15, 0.2) is 35.3 Å². The van der Waals surface area contributed by atoms with Crippen molar-refractivity contribution in [3.05, 3.63) is 35.9 Å². The molecular formula is C11H15N. The van der Waals surface area contributed by atoms with Crippen molar-refractivity contribution in [1.82, 2.24) is 0 Å². The molecule has 12 heavy (non-hydrogen) atoms. The average Bonchev–Trinajstić information content (AvgIpc) is 2.16. The summed E-state index contributed by atoms with van der Waals surface area (Å²) in [6, 6.07) is 10.6. The third-order valence-electron chi connectivity index (χ3n) is 1.87. The molecule has 0 heterocycles. The molecule has 1 aromatic carbocycles. The van der Waals surface area contributed by atoms with Crippen LogP contribution < -0.4 is 0 Å². The number of nitrogens with zero attached hydrogens (tertiary/aromatic N) is 1. The van der Waals surface area contributed by atoms with E-state index in [0.29, 0.717) is 6.04 Å². The lowest BCUT2D eigenvalue weighted by atomic mass is 10.2. The number of rotatable bonds is 3. The van der Waals surface area contributed by atoms with Crippen LogP contribution in [0.4, 0.5) is 0 Å². The first-order chi connectivity index (χ1) is 5.83. The van der Waals surface area contributed by atoms with Gasteiger partial charge in [0.25, 0.3) is 0 Å². The second-order valence-corrected chi connectivity index (χ2v) is 2.95. The van der Waals surface area contributed by atoms with Crippen molar-refractivity contribution >= 4 is 6.21 Å². The van der Waals surface area contributed by atoms with Crippen molar-refractivity contribution in [1.29, 1.82) is 0 Å². The van der Waals surface area contributed by atoms with E-state index in [1.54, 1.807) is 0 Å². The van der Waals surface area contributed by atoms with Gasteiger partial charge in [-0.15, -0.1) is 0 Å². The molecule has 1 atom stereocenters. The zero-order chi connectivity index (χ0) is 8.81. The summed E-state index contributed by atoms with van der Waals surface area (Å²) in [5, 5.41) is 0. The zero-order valence-corrected chi connectivity index (χ0v) is 7.70. The van der Waals surface area contributed by atoms with Crippen LogP contribution in [0.1, 0.15) is 25.8 Å². The van der Waals surface area contributed by atoms with Crippen molar-refractivity contribution in [2.45, 2.75) is 26.3 Å². The summed E-state index contributed by atoms with van der Waals surface area (Å²) in [6.07, 6.45) is 3.04. The molecule has 1 nitrogen and oxygen atoms in total. The highest BCUT2D eigenvalue weighted by Crippen LogP contribution is 1.98. The summed E-state index contributed by atoms with van der Waals surface area (Å²) in [6.45, 7) is 4.27. The fourth-order valence-electron chi connectivity index (χ4n) is 0.858. The van der Waals surface area contributed by atoms with Crippen LogP contribution in [0.3, 0.4) is 0 Å². The smallest absolute Gasteiger partial charge is 0.0469 e. The Hall–Kier alpha value is -1.11. The lowest BCUT2D eigenvalue weighted by molar-refractivity contribution is 0.720. The molecule has 0 aliphatic carbocycles. The van der Waals surface area contributed by atoms with Crippen molar-refractivity contribution in [3.63, 3.8) is 0 Å². The number of hydrogen-bond donors (Lipinski definition) is 0. The third kappa shape index (κ3) is 2.87. The van der Waals surface area contributed by atoms with Gasteiger partial charge in [-0.05, 0) is 18.9 Å². The molecular weight excluding hydrogens is 146 g/mol. The maximum Gasteiger partial charge on any atom is 0.0469 e. The van der Waals surface area contributed by atoms with Crippen molar-refractivity contribution in [2.75, 3.05) is 0 Å². The molecule has 0 aromatic heterocycles. The van der Waals surface area contributed by atoms with Crippen LogP contribution in [0, 0.1) is 0 Å². The van der Waals surface area contributed by atoms with E-state index in [0.717, 1.165) is 6.42 Å². The van der Waals surface area contributed by atoms with E-state index in [4.69, 9.17) is 0 Å². The van der Waals surface area contributed by atoms with Gasteiger partial charge >= 0.3 is 0 Å². The quantitative estimate of drug-likeness (QED) is 0.604. The molecule has 1 rings (SSSR count). The second kappa shape index (κ2) is 4.70. The van der Waals surface area contributed by atoms with E-state index in [2.05, 4.69) is 31.0 Å². The van der Waals surface area contributed by atoms with Crippen LogP contribution in [-0.2, 0) is 0 Å². The maximum absolute atomic E-state index is 4.39. The first-order valence-corrected chi connectivity index (χ1v) is 4.41. The molecule has 0 radical (unpaired) electrons. The van der Waals surface area contributed by atoms with E-state index >= 15 is 0 Å². The van der Waals surface area contributed by atoms with E-state index in [1.165, 1.54) is 5.56 Å². The molecule has 0 unspecified atom stereocenters. The molecule has 0 N–H and O–H groups in total. The summed E-state index contributed by atoms with van der Waals surface area (Å²) >= 11 is 0. The van der Waals surface area contributed by atoms with Gasteiger partial charge in [0.05, 0.1) is 0 Å². The fourth-order valence-corrected chi connectivity index (χ4v) is 0.858. The van der Waals surface area contributed by atoms with Crippen LogP contribution in [0.2, 0.25) is 0 Å². The molecule has 0 aliphatic rings. The SMILES string of the molecule is CC[C@@H](C)N=Cc1ccccc1. The van der Waals surface area contributed by atoms with Gasteiger partial charge in [-0.1, -0.05) is 37.3 Å². The Balaban J connectivity index is 2.58. The first-order valence-electron chi connectivity index (χ1n) is 4.41. The molecule has 0 saturated carbocycles. The third-order valence-corrected chi connectivity index (χ3v) is 1.87. The molecule has 1 aromatic rings. The maximum atomic E-state index is 4.39. The monoisotopic (exact) mass is 161 g/mol. The number of hydrogen-bond acceptors (Lipinski definition) is 1. The minimum absolute atomic E-state index is 0.435. The van der Waals surface area contributed by atoms with Gasteiger partial charge in [-0.2, -0.15) is 0 Å². The van der Waals surface area contributed by atoms with E-state index in [1.807, 2.05) is 24.4 Å². The van der Waals surface area contributed by atoms with Gasteiger partial charge in [-0.25, -0.2) is 0 Å². The Bertz CT molecular complexity index is 238. The van der Waals surface area contributed by atoms with Gasteiger partial charge in [0.2, 0.25) is 0 Å². The van der Waals surface area contributed by atoms with Crippen molar-refractivity contribution in [2.24, 2.45) is 4.99 Å². The minimum Gasteiger partial charge on any atom is -0.290 e. The molecule has 0 bridgehead atoms. The Morgan fingerprint density at radius 2 is 2.00 bits per heavy atom. The van der Waals surface area contributed by atoms with Gasteiger partial charge < -0.3 is 0 Å². The van der Waals surface area contributed by atoms with E-state index < -0.39 is 0 Å². The van der Waals surface area contributed by atoms with E-state index in [-0.39, 0.29) is 0 Å². The minimum atomic E-state index is 0.435. The Labute approximate surface area is 74.2 Å². The molecule has 0 aliphatic heterocycles. The summed E-state index contributed by atoms with van der Waals surface area (Å²) in [4.78, 5) is 4.39. The van der Waals surface area contributed by atoms with Crippen LogP contribution in [-0.4, -0.2) is 12.3 Å². The van der Waals surface area contributed by atoms with Crippen LogP contribution in [0.5, 0.6) is 0 Å². The Morgan fingerprint density at radius 1 is 1.33 bits per heavy atom. The predicted molar refractivity (Wildman–Crippen MR) is 53.8 cm³/mol. The fraction of sp³-hybridized carbons (Fsp3) is 0.364.